The molecule has 0 aliphatic carbocycles. The molecule has 1 N–H and O–H groups in total. The predicted molar refractivity (Wildman–Crippen MR) is 114 cm³/mol. The topological polar surface area (TPSA) is 65.4 Å². The van der Waals surface area contributed by atoms with Gasteiger partial charge in [-0.25, -0.2) is 4.39 Å². The Bertz CT molecular complexity index is 1070. The molecule has 1 aromatic heterocycles. The van der Waals surface area contributed by atoms with Crippen molar-refractivity contribution in [3.8, 4) is 5.75 Å². The molecule has 3 aromatic rings. The van der Waals surface area contributed by atoms with Gasteiger partial charge in [0.05, 0.1) is 28.9 Å². The molecule has 6 nitrogen and oxygen atoms in total. The largest absolute Gasteiger partial charge is 0.490 e. The number of aromatic nitrogens is 2. The van der Waals surface area contributed by atoms with Crippen LogP contribution in [0.4, 0.5) is 10.1 Å². The van der Waals surface area contributed by atoms with Crippen molar-refractivity contribution in [3.63, 3.8) is 0 Å². The van der Waals surface area contributed by atoms with Crippen LogP contribution < -0.4 is 10.1 Å². The number of carbonyl (C=O) groups excluding carboxylic acids is 1. The molecule has 0 spiro atoms. The van der Waals surface area contributed by atoms with E-state index in [1.165, 1.54) is 0 Å². The number of aryl methyl sites for hydroxylation is 1. The molecule has 0 unspecified atom stereocenters. The molecule has 4 rings (SSSR count). The quantitative estimate of drug-likeness (QED) is 0.650. The van der Waals surface area contributed by atoms with Crippen LogP contribution in [0.1, 0.15) is 48.7 Å². The van der Waals surface area contributed by atoms with Crippen molar-refractivity contribution in [3.05, 3.63) is 53.5 Å². The Morgan fingerprint density at radius 3 is 2.80 bits per heavy atom. The molecule has 1 aliphatic rings. The Morgan fingerprint density at radius 2 is 2.07 bits per heavy atom. The predicted octanol–water partition coefficient (Wildman–Crippen LogP) is 4.87. The lowest BCUT2D eigenvalue weighted by molar-refractivity contribution is 0.0664. The molecule has 158 valence electrons. The number of ether oxygens (including phenoxy) is 2. The zero-order valence-electron chi connectivity index (χ0n) is 17.4. The average molecular weight is 411 g/mol. The van der Waals surface area contributed by atoms with Gasteiger partial charge in [0, 0.05) is 30.9 Å². The lowest BCUT2D eigenvalue weighted by Gasteiger charge is -2.22. The first-order valence-corrected chi connectivity index (χ1v) is 10.3. The third-order valence-electron chi connectivity index (χ3n) is 5.24. The van der Waals surface area contributed by atoms with Crippen LogP contribution >= 0.6 is 0 Å². The minimum Gasteiger partial charge on any atom is -0.490 e. The van der Waals surface area contributed by atoms with Gasteiger partial charge in [-0.3, -0.25) is 9.48 Å². The van der Waals surface area contributed by atoms with E-state index in [2.05, 4.69) is 5.32 Å². The second-order valence-corrected chi connectivity index (χ2v) is 7.92. The minimum atomic E-state index is -0.439. The van der Waals surface area contributed by atoms with Gasteiger partial charge in [-0.1, -0.05) is 12.1 Å². The Kier molecular flexibility index (Phi) is 5.72. The number of nitrogens with one attached hydrogen (secondary N) is 1. The van der Waals surface area contributed by atoms with E-state index < -0.39 is 11.7 Å². The van der Waals surface area contributed by atoms with E-state index >= 15 is 0 Å². The van der Waals surface area contributed by atoms with Gasteiger partial charge in [-0.2, -0.15) is 5.10 Å². The van der Waals surface area contributed by atoms with Crippen LogP contribution in [0.3, 0.4) is 0 Å². The molecule has 2 aromatic carbocycles. The van der Waals surface area contributed by atoms with Gasteiger partial charge < -0.3 is 14.8 Å². The van der Waals surface area contributed by atoms with E-state index in [0.29, 0.717) is 16.9 Å². The zero-order valence-corrected chi connectivity index (χ0v) is 17.4. The summed E-state index contributed by atoms with van der Waals surface area (Å²) in [4.78, 5) is 13.0. The average Bonchev–Trinajstić information content (AvgIpc) is 3.14. The monoisotopic (exact) mass is 411 g/mol. The van der Waals surface area contributed by atoms with Gasteiger partial charge in [0.25, 0.3) is 5.91 Å². The van der Waals surface area contributed by atoms with E-state index in [1.54, 1.807) is 37.3 Å². The van der Waals surface area contributed by atoms with Crippen molar-refractivity contribution in [1.82, 2.24) is 9.78 Å². The summed E-state index contributed by atoms with van der Waals surface area (Å²) in [7, 11) is 0. The molecule has 0 bridgehead atoms. The normalized spacial score (nSPS) is 15.0. The summed E-state index contributed by atoms with van der Waals surface area (Å²) in [6.07, 6.45) is 3.64. The standard InChI is InChI=1S/C23H26FN3O3/c1-14(2)30-21-12-20-16(13-27(26-20)17-7-9-29-10-8-17)11-18(21)23(28)25-19-6-4-5-15(3)22(19)24/h4-6,11-14,17H,7-10H2,1-3H3,(H,25,28). The van der Waals surface area contributed by atoms with E-state index in [9.17, 15) is 9.18 Å². The molecular weight excluding hydrogens is 385 g/mol. The number of hydrogen-bond donors (Lipinski definition) is 1. The molecule has 0 atom stereocenters. The van der Waals surface area contributed by atoms with E-state index in [4.69, 9.17) is 14.6 Å². The summed E-state index contributed by atoms with van der Waals surface area (Å²) in [5.74, 6) is -0.429. The third kappa shape index (κ3) is 4.16. The summed E-state index contributed by atoms with van der Waals surface area (Å²) < 4.78 is 27.7. The van der Waals surface area contributed by atoms with Crippen molar-refractivity contribution in [2.24, 2.45) is 0 Å². The number of benzene rings is 2. The molecule has 1 saturated heterocycles. The lowest BCUT2D eigenvalue weighted by Crippen LogP contribution is -2.19. The van der Waals surface area contributed by atoms with Crippen molar-refractivity contribution < 1.29 is 18.7 Å². The Balaban J connectivity index is 1.70. The van der Waals surface area contributed by atoms with Crippen molar-refractivity contribution in [2.75, 3.05) is 18.5 Å². The van der Waals surface area contributed by atoms with Gasteiger partial charge >= 0.3 is 0 Å². The van der Waals surface area contributed by atoms with Crippen LogP contribution in [-0.2, 0) is 4.74 Å². The lowest BCUT2D eigenvalue weighted by atomic mass is 10.1. The fourth-order valence-electron chi connectivity index (χ4n) is 3.67. The van der Waals surface area contributed by atoms with Gasteiger partial charge in [0.15, 0.2) is 0 Å². The Labute approximate surface area is 175 Å². The highest BCUT2D eigenvalue weighted by Crippen LogP contribution is 2.30. The number of hydrogen-bond acceptors (Lipinski definition) is 4. The molecule has 30 heavy (non-hydrogen) atoms. The number of fused-ring (bicyclic) bond motifs is 1. The van der Waals surface area contributed by atoms with Crippen LogP contribution in [0, 0.1) is 12.7 Å². The maximum atomic E-state index is 14.4. The van der Waals surface area contributed by atoms with Gasteiger partial charge in [-0.15, -0.1) is 0 Å². The van der Waals surface area contributed by atoms with Crippen molar-refractivity contribution >= 4 is 22.5 Å². The Morgan fingerprint density at radius 1 is 1.30 bits per heavy atom. The van der Waals surface area contributed by atoms with Gasteiger partial charge in [0.1, 0.15) is 11.6 Å². The first kappa shape index (κ1) is 20.3. The highest BCUT2D eigenvalue weighted by molar-refractivity contribution is 6.08. The molecule has 1 aliphatic heterocycles. The fourth-order valence-corrected chi connectivity index (χ4v) is 3.67. The molecule has 2 heterocycles. The van der Waals surface area contributed by atoms with Gasteiger partial charge in [-0.05, 0) is 51.3 Å². The van der Waals surface area contributed by atoms with Crippen LogP contribution in [0.2, 0.25) is 0 Å². The van der Waals surface area contributed by atoms with E-state index in [0.717, 1.165) is 37.0 Å². The van der Waals surface area contributed by atoms with Crippen LogP contribution in [0.5, 0.6) is 5.75 Å². The highest BCUT2D eigenvalue weighted by Gasteiger charge is 2.21. The molecule has 1 amide bonds. The zero-order chi connectivity index (χ0) is 21.3. The summed E-state index contributed by atoms with van der Waals surface area (Å²) >= 11 is 0. The maximum absolute atomic E-state index is 14.4. The second kappa shape index (κ2) is 8.44. The third-order valence-corrected chi connectivity index (χ3v) is 5.24. The summed E-state index contributed by atoms with van der Waals surface area (Å²) in [5, 5.41) is 8.22. The molecule has 0 saturated carbocycles. The van der Waals surface area contributed by atoms with Crippen LogP contribution in [0.15, 0.2) is 36.5 Å². The van der Waals surface area contributed by atoms with Crippen molar-refractivity contribution in [2.45, 2.75) is 45.8 Å². The molecule has 7 heteroatoms. The SMILES string of the molecule is Cc1cccc(NC(=O)c2cc3cn(C4CCOCC4)nc3cc2OC(C)C)c1F. The first-order valence-electron chi connectivity index (χ1n) is 10.3. The number of nitrogens with zero attached hydrogens (tertiary/aromatic N) is 2. The summed E-state index contributed by atoms with van der Waals surface area (Å²) in [5.41, 5.74) is 1.73. The van der Waals surface area contributed by atoms with Crippen LogP contribution in [0.25, 0.3) is 10.9 Å². The second-order valence-electron chi connectivity index (χ2n) is 7.92. The van der Waals surface area contributed by atoms with Crippen LogP contribution in [-0.4, -0.2) is 35.0 Å². The minimum absolute atomic E-state index is 0.123. The number of anilines is 1. The number of halogens is 1. The fraction of sp³-hybridized carbons (Fsp3) is 0.391. The number of rotatable bonds is 5. The molecular formula is C23H26FN3O3. The first-order chi connectivity index (χ1) is 14.4. The van der Waals surface area contributed by atoms with Gasteiger partial charge in [0.2, 0.25) is 0 Å². The molecule has 1 fully saturated rings. The number of carbonyl (C=O) groups is 1. The Hall–Kier alpha value is -2.93. The van der Waals surface area contributed by atoms with E-state index in [1.807, 2.05) is 24.7 Å². The number of amides is 1. The summed E-state index contributed by atoms with van der Waals surface area (Å²) in [6.45, 7) is 6.89. The maximum Gasteiger partial charge on any atom is 0.259 e. The highest BCUT2D eigenvalue weighted by atomic mass is 19.1. The smallest absolute Gasteiger partial charge is 0.259 e. The van der Waals surface area contributed by atoms with Crippen molar-refractivity contribution in [1.29, 1.82) is 0 Å². The summed E-state index contributed by atoms with van der Waals surface area (Å²) in [6, 6.07) is 8.74. The van der Waals surface area contributed by atoms with E-state index in [-0.39, 0.29) is 17.8 Å². The molecule has 0 radical (unpaired) electrons.